The topological polar surface area (TPSA) is 45.2 Å². The summed E-state index contributed by atoms with van der Waals surface area (Å²) in [5.74, 6) is 1.87. The third kappa shape index (κ3) is 3.59. The van der Waals surface area contributed by atoms with Crippen molar-refractivity contribution in [3.8, 4) is 0 Å². The second-order valence-corrected chi connectivity index (χ2v) is 7.59. The minimum Gasteiger partial charge on any atom is -0.313 e. The summed E-state index contributed by atoms with van der Waals surface area (Å²) >= 11 is 6.89. The van der Waals surface area contributed by atoms with Crippen molar-refractivity contribution in [3.05, 3.63) is 45.3 Å². The lowest BCUT2D eigenvalue weighted by atomic mass is 10.3. The molecule has 0 bridgehead atoms. The number of carbonyl (C=O) groups excluding carboxylic acids is 1. The van der Waals surface area contributed by atoms with Crippen molar-refractivity contribution < 1.29 is 4.79 Å². The van der Waals surface area contributed by atoms with Crippen molar-refractivity contribution in [2.24, 2.45) is 0 Å². The van der Waals surface area contributed by atoms with Gasteiger partial charge in [0, 0.05) is 39.8 Å². The van der Waals surface area contributed by atoms with Crippen LogP contribution in [0.2, 0.25) is 0 Å². The number of halogens is 1. The Bertz CT molecular complexity index is 620. The van der Waals surface area contributed by atoms with Crippen LogP contribution < -0.4 is 5.32 Å². The lowest BCUT2D eigenvalue weighted by Crippen LogP contribution is -2.43. The van der Waals surface area contributed by atoms with E-state index in [1.807, 2.05) is 46.3 Å². The molecule has 1 aliphatic rings. The molecule has 0 spiro atoms. The lowest BCUT2D eigenvalue weighted by molar-refractivity contribution is 0.196. The van der Waals surface area contributed by atoms with Crippen molar-refractivity contribution in [1.29, 1.82) is 0 Å². The van der Waals surface area contributed by atoms with E-state index in [-0.39, 0.29) is 12.1 Å². The maximum atomic E-state index is 12.6. The number of nitrogens with one attached hydrogen (secondary N) is 1. The van der Waals surface area contributed by atoms with E-state index < -0.39 is 0 Å². The molecule has 1 aromatic carbocycles. The summed E-state index contributed by atoms with van der Waals surface area (Å²) in [6.07, 6.45) is 1.80. The average molecular weight is 384 g/mol. The molecular weight excluding hydrogens is 370 g/mol. The molecule has 1 N–H and O–H groups in total. The molecule has 2 aromatic rings. The number of hydrogen-bond donors (Lipinski definition) is 1. The highest BCUT2D eigenvalue weighted by Crippen LogP contribution is 2.31. The van der Waals surface area contributed by atoms with Gasteiger partial charge in [0.2, 0.25) is 0 Å². The molecule has 3 rings (SSSR count). The Labute approximate surface area is 140 Å². The quantitative estimate of drug-likeness (QED) is 0.843. The first kappa shape index (κ1) is 14.9. The molecule has 1 aliphatic heterocycles. The second kappa shape index (κ2) is 6.81. The van der Waals surface area contributed by atoms with E-state index in [1.165, 1.54) is 0 Å². The number of carbonyl (C=O) groups is 1. The average Bonchev–Trinajstić information content (AvgIpc) is 3.01. The van der Waals surface area contributed by atoms with Crippen molar-refractivity contribution in [1.82, 2.24) is 9.88 Å². The number of rotatable bonds is 2. The van der Waals surface area contributed by atoms with Gasteiger partial charge in [-0.3, -0.25) is 0 Å². The van der Waals surface area contributed by atoms with Gasteiger partial charge in [-0.1, -0.05) is 22.0 Å². The lowest BCUT2D eigenvalue weighted by Gasteiger charge is -2.34. The van der Waals surface area contributed by atoms with Gasteiger partial charge in [0.1, 0.15) is 5.01 Å². The van der Waals surface area contributed by atoms with E-state index in [0.717, 1.165) is 33.2 Å². The molecule has 1 atom stereocenters. The van der Waals surface area contributed by atoms with Gasteiger partial charge in [-0.15, -0.1) is 11.3 Å². The predicted molar refractivity (Wildman–Crippen MR) is 92.0 cm³/mol. The van der Waals surface area contributed by atoms with Crippen LogP contribution in [0.3, 0.4) is 0 Å². The smallest absolute Gasteiger partial charge is 0.313 e. The normalized spacial score (nSPS) is 18.5. The van der Waals surface area contributed by atoms with Crippen LogP contribution in [0, 0.1) is 0 Å². The monoisotopic (exact) mass is 383 g/mol. The largest absolute Gasteiger partial charge is 0.322 e. The molecule has 1 fully saturated rings. The molecule has 2 heterocycles. The Morgan fingerprint density at radius 2 is 2.38 bits per heavy atom. The zero-order valence-electron chi connectivity index (χ0n) is 11.2. The number of nitrogens with zero attached hydrogens (tertiary/aromatic N) is 2. The van der Waals surface area contributed by atoms with Crippen LogP contribution in [0.1, 0.15) is 11.0 Å². The summed E-state index contributed by atoms with van der Waals surface area (Å²) in [5, 5.41) is 5.93. The van der Waals surface area contributed by atoms with Crippen LogP contribution in [-0.2, 0) is 0 Å². The van der Waals surface area contributed by atoms with Gasteiger partial charge in [0.15, 0.2) is 0 Å². The van der Waals surface area contributed by atoms with Crippen LogP contribution in [-0.4, -0.2) is 34.0 Å². The number of thiazole rings is 1. The summed E-state index contributed by atoms with van der Waals surface area (Å²) in [5.41, 5.74) is 0.797. The minimum absolute atomic E-state index is 0.0615. The van der Waals surface area contributed by atoms with E-state index in [2.05, 4.69) is 26.2 Å². The number of aromatic nitrogens is 1. The fourth-order valence-corrected chi connectivity index (χ4v) is 4.52. The van der Waals surface area contributed by atoms with Crippen LogP contribution in [0.15, 0.2) is 40.3 Å². The Morgan fingerprint density at radius 3 is 3.14 bits per heavy atom. The minimum atomic E-state index is -0.0615. The third-order valence-corrected chi connectivity index (χ3v) is 5.59. The number of hydrogen-bond acceptors (Lipinski definition) is 4. The van der Waals surface area contributed by atoms with Crippen molar-refractivity contribution in [2.45, 2.75) is 6.04 Å². The van der Waals surface area contributed by atoms with E-state index >= 15 is 0 Å². The number of thioether (sulfide) groups is 1. The van der Waals surface area contributed by atoms with Gasteiger partial charge in [0.05, 0.1) is 6.04 Å². The molecule has 0 saturated carbocycles. The van der Waals surface area contributed by atoms with Crippen LogP contribution in [0.5, 0.6) is 0 Å². The molecule has 4 nitrogen and oxygen atoms in total. The summed E-state index contributed by atoms with van der Waals surface area (Å²) in [6, 6.07) is 7.63. The van der Waals surface area contributed by atoms with E-state index in [4.69, 9.17) is 0 Å². The van der Waals surface area contributed by atoms with Gasteiger partial charge in [0.25, 0.3) is 0 Å². The predicted octanol–water partition coefficient (Wildman–Crippen LogP) is 4.23. The van der Waals surface area contributed by atoms with Crippen LogP contribution >= 0.6 is 39.0 Å². The molecule has 0 radical (unpaired) electrons. The first-order chi connectivity index (χ1) is 10.2. The van der Waals surface area contributed by atoms with Crippen LogP contribution in [0.4, 0.5) is 10.5 Å². The maximum Gasteiger partial charge on any atom is 0.322 e. The number of urea groups is 1. The van der Waals surface area contributed by atoms with Gasteiger partial charge < -0.3 is 10.2 Å². The molecule has 1 saturated heterocycles. The SMILES string of the molecule is O=C(Nc1cccc(Br)c1)N1CCSCC1c1nccs1. The van der Waals surface area contributed by atoms with Crippen molar-refractivity contribution in [2.75, 3.05) is 23.4 Å². The first-order valence-corrected chi connectivity index (χ1v) is 9.37. The summed E-state index contributed by atoms with van der Waals surface area (Å²) in [6.45, 7) is 0.745. The Hall–Kier alpha value is -1.05. The third-order valence-electron chi connectivity index (χ3n) is 3.20. The standard InChI is InChI=1S/C14H14BrN3OS2/c15-10-2-1-3-11(8-10)17-14(19)18-5-7-20-9-12(18)13-16-4-6-21-13/h1-4,6,8,12H,5,7,9H2,(H,17,19). The first-order valence-electron chi connectivity index (χ1n) is 6.54. The van der Waals surface area contributed by atoms with Gasteiger partial charge in [-0.05, 0) is 18.2 Å². The Kier molecular flexibility index (Phi) is 4.82. The van der Waals surface area contributed by atoms with Crippen molar-refractivity contribution in [3.63, 3.8) is 0 Å². The van der Waals surface area contributed by atoms with E-state index in [0.29, 0.717) is 0 Å². The van der Waals surface area contributed by atoms with E-state index in [9.17, 15) is 4.79 Å². The number of amides is 2. The molecule has 7 heteroatoms. The molecule has 2 amide bonds. The Morgan fingerprint density at radius 1 is 1.48 bits per heavy atom. The summed E-state index contributed by atoms with van der Waals surface area (Å²) in [7, 11) is 0. The van der Waals surface area contributed by atoms with Crippen molar-refractivity contribution >= 4 is 50.7 Å². The maximum absolute atomic E-state index is 12.6. The molecule has 0 aliphatic carbocycles. The zero-order valence-corrected chi connectivity index (χ0v) is 14.4. The van der Waals surface area contributed by atoms with Gasteiger partial charge in [-0.25, -0.2) is 9.78 Å². The second-order valence-electron chi connectivity index (χ2n) is 4.59. The van der Waals surface area contributed by atoms with Gasteiger partial charge in [-0.2, -0.15) is 11.8 Å². The highest BCUT2D eigenvalue weighted by molar-refractivity contribution is 9.10. The van der Waals surface area contributed by atoms with E-state index in [1.54, 1.807) is 17.5 Å². The summed E-state index contributed by atoms with van der Waals surface area (Å²) < 4.78 is 0.950. The molecule has 21 heavy (non-hydrogen) atoms. The zero-order chi connectivity index (χ0) is 14.7. The summed E-state index contributed by atoms with van der Waals surface area (Å²) in [4.78, 5) is 18.8. The van der Waals surface area contributed by atoms with Gasteiger partial charge >= 0.3 is 6.03 Å². The molecule has 1 aromatic heterocycles. The number of anilines is 1. The molecular formula is C14H14BrN3OS2. The number of benzene rings is 1. The fraction of sp³-hybridized carbons (Fsp3) is 0.286. The van der Waals surface area contributed by atoms with Crippen LogP contribution in [0.25, 0.3) is 0 Å². The fourth-order valence-electron chi connectivity index (χ4n) is 2.21. The Balaban J connectivity index is 1.75. The highest BCUT2D eigenvalue weighted by atomic mass is 79.9. The highest BCUT2D eigenvalue weighted by Gasteiger charge is 2.30. The molecule has 1 unspecified atom stereocenters. The molecule has 110 valence electrons.